The number of furan rings is 2. The van der Waals surface area contributed by atoms with Crippen molar-refractivity contribution in [3.8, 4) is 22.3 Å². The van der Waals surface area contributed by atoms with Crippen molar-refractivity contribution in [1.82, 2.24) is 4.98 Å². The first-order valence-electron chi connectivity index (χ1n) is 25.8. The van der Waals surface area contributed by atoms with Gasteiger partial charge < -0.3 is 18.6 Å². The largest absolute Gasteiger partial charge is 0.453 e. The molecular weight excluding hydrogens is 927 g/mol. The molecule has 13 aromatic carbocycles. The fourth-order valence-corrected chi connectivity index (χ4v) is 12.3. The molecule has 0 aliphatic heterocycles. The van der Waals surface area contributed by atoms with Gasteiger partial charge in [-0.1, -0.05) is 176 Å². The number of aromatic nitrogens is 1. The first-order chi connectivity index (χ1) is 37.7. The molecule has 0 saturated heterocycles. The highest BCUT2D eigenvalue weighted by molar-refractivity contribution is 6.30. The lowest BCUT2D eigenvalue weighted by molar-refractivity contribution is 0.670. The Kier molecular flexibility index (Phi) is 9.27. The molecule has 5 heteroatoms. The van der Waals surface area contributed by atoms with Crippen LogP contribution in [0.5, 0.6) is 0 Å². The first kappa shape index (κ1) is 42.3. The van der Waals surface area contributed by atoms with Gasteiger partial charge in [0.1, 0.15) is 11.2 Å². The molecule has 354 valence electrons. The maximum Gasteiger partial charge on any atom is 0.159 e. The second kappa shape index (κ2) is 16.7. The highest BCUT2D eigenvalue weighted by Gasteiger charge is 2.27. The van der Waals surface area contributed by atoms with Crippen LogP contribution in [0.2, 0.25) is 0 Å². The molecule has 0 N–H and O–H groups in total. The summed E-state index contributed by atoms with van der Waals surface area (Å²) in [5.41, 5.74) is 13.8. The van der Waals surface area contributed by atoms with Crippen LogP contribution in [0.25, 0.3) is 120 Å². The Balaban J connectivity index is 0.939. The summed E-state index contributed by atoms with van der Waals surface area (Å²) in [4.78, 5) is 9.13. The summed E-state index contributed by atoms with van der Waals surface area (Å²) in [7, 11) is 0. The molecule has 16 rings (SSSR count). The van der Waals surface area contributed by atoms with Gasteiger partial charge in [-0.15, -0.1) is 0 Å². The number of hydrogen-bond acceptors (Lipinski definition) is 5. The van der Waals surface area contributed by atoms with Gasteiger partial charge >= 0.3 is 0 Å². The van der Waals surface area contributed by atoms with E-state index in [9.17, 15) is 0 Å². The van der Waals surface area contributed by atoms with Crippen molar-refractivity contribution in [2.45, 2.75) is 0 Å². The normalized spacial score (nSPS) is 11.9. The molecule has 16 aromatic rings. The molecule has 0 spiro atoms. The Labute approximate surface area is 436 Å². The average Bonchev–Trinajstić information content (AvgIpc) is 4.15. The predicted octanol–water partition coefficient (Wildman–Crippen LogP) is 20.4. The Hall–Kier alpha value is -10.2. The summed E-state index contributed by atoms with van der Waals surface area (Å²) in [5.74, 6) is 0. The number of anilines is 6. The highest BCUT2D eigenvalue weighted by atomic mass is 16.3. The summed E-state index contributed by atoms with van der Waals surface area (Å²) in [6, 6.07) is 89.4. The Morgan fingerprint density at radius 2 is 0.671 bits per heavy atom. The fraction of sp³-hybridized carbons (Fsp3) is 0. The number of pyridine rings is 1. The maximum absolute atomic E-state index is 7.29. The van der Waals surface area contributed by atoms with Crippen LogP contribution in [-0.2, 0) is 0 Å². The number of nitrogens with zero attached hydrogens (tertiary/aromatic N) is 3. The summed E-state index contributed by atoms with van der Waals surface area (Å²) in [5, 5.41) is 16.0. The van der Waals surface area contributed by atoms with E-state index in [2.05, 4.69) is 264 Å². The van der Waals surface area contributed by atoms with Crippen LogP contribution in [0.3, 0.4) is 0 Å². The average molecular weight is 970 g/mol. The van der Waals surface area contributed by atoms with Crippen molar-refractivity contribution < 1.29 is 8.83 Å². The third-order valence-corrected chi connectivity index (χ3v) is 15.6. The lowest BCUT2D eigenvalue weighted by Crippen LogP contribution is -2.11. The van der Waals surface area contributed by atoms with Crippen LogP contribution in [0.1, 0.15) is 0 Å². The van der Waals surface area contributed by atoms with Crippen molar-refractivity contribution in [3.05, 3.63) is 261 Å². The van der Waals surface area contributed by atoms with Crippen molar-refractivity contribution >= 4 is 132 Å². The summed E-state index contributed by atoms with van der Waals surface area (Å²) >= 11 is 0. The topological polar surface area (TPSA) is 45.7 Å². The standard InChI is InChI=1S/C71H43N3O2/c1-4-16-44(17-5-1)58-42-48-18-10-12-24-52(48)66-56-26-14-28-62(68(56)75-70(58)66)73(50-20-6-2-7-21-50)60-36-32-46-31-35-55-61(37-33-47-30-34-54(60)64(46)65(47)55)74(51-22-8-3-9-23-51)63-29-15-27-57-67-53-25-13-11-19-49(53)43-59(71(67)76-69(57)63)45-38-40-72-41-39-45/h1-43H. The van der Waals surface area contributed by atoms with E-state index < -0.39 is 0 Å². The first-order valence-corrected chi connectivity index (χ1v) is 25.8. The molecule has 0 aliphatic rings. The van der Waals surface area contributed by atoms with Crippen LogP contribution in [0, 0.1) is 0 Å². The predicted molar refractivity (Wildman–Crippen MR) is 318 cm³/mol. The van der Waals surface area contributed by atoms with E-state index in [-0.39, 0.29) is 0 Å². The van der Waals surface area contributed by atoms with E-state index in [1.165, 1.54) is 32.3 Å². The molecule has 0 radical (unpaired) electrons. The van der Waals surface area contributed by atoms with Crippen LogP contribution in [0.15, 0.2) is 270 Å². The minimum Gasteiger partial charge on any atom is -0.453 e. The number of fused-ring (bicyclic) bond motifs is 10. The van der Waals surface area contributed by atoms with E-state index >= 15 is 0 Å². The quantitative estimate of drug-likeness (QED) is 0.142. The summed E-state index contributed by atoms with van der Waals surface area (Å²) in [6.07, 6.45) is 3.70. The molecule has 0 saturated carbocycles. The van der Waals surface area contributed by atoms with Crippen molar-refractivity contribution in [2.75, 3.05) is 9.80 Å². The lowest BCUT2D eigenvalue weighted by Gasteiger charge is -2.29. The smallest absolute Gasteiger partial charge is 0.159 e. The zero-order chi connectivity index (χ0) is 49.8. The van der Waals surface area contributed by atoms with E-state index in [0.717, 1.165) is 122 Å². The second-order valence-corrected chi connectivity index (χ2v) is 19.7. The Morgan fingerprint density at radius 3 is 1.16 bits per heavy atom. The molecule has 76 heavy (non-hydrogen) atoms. The number of hydrogen-bond donors (Lipinski definition) is 0. The minimum atomic E-state index is 0.822. The van der Waals surface area contributed by atoms with Crippen molar-refractivity contribution in [3.63, 3.8) is 0 Å². The molecular formula is C71H43N3O2. The molecule has 0 atom stereocenters. The molecule has 3 heterocycles. The summed E-state index contributed by atoms with van der Waals surface area (Å²) < 4.78 is 14.6. The van der Waals surface area contributed by atoms with Crippen molar-refractivity contribution in [2.24, 2.45) is 0 Å². The molecule has 0 aliphatic carbocycles. The molecule has 3 aromatic heterocycles. The molecule has 5 nitrogen and oxygen atoms in total. The Morgan fingerprint density at radius 1 is 0.263 bits per heavy atom. The number of para-hydroxylation sites is 4. The van der Waals surface area contributed by atoms with E-state index in [0.29, 0.717) is 0 Å². The minimum absolute atomic E-state index is 0.822. The second-order valence-electron chi connectivity index (χ2n) is 19.7. The maximum atomic E-state index is 7.29. The van der Waals surface area contributed by atoms with Crippen LogP contribution in [0.4, 0.5) is 34.1 Å². The van der Waals surface area contributed by atoms with Gasteiger partial charge in [-0.05, 0) is 127 Å². The summed E-state index contributed by atoms with van der Waals surface area (Å²) in [6.45, 7) is 0. The third-order valence-electron chi connectivity index (χ3n) is 15.6. The van der Waals surface area contributed by atoms with Gasteiger partial charge in [0.15, 0.2) is 11.2 Å². The van der Waals surface area contributed by atoms with Gasteiger partial charge in [-0.2, -0.15) is 0 Å². The van der Waals surface area contributed by atoms with Crippen LogP contribution < -0.4 is 9.80 Å². The third kappa shape index (κ3) is 6.30. The molecule has 0 unspecified atom stereocenters. The number of benzene rings is 13. The zero-order valence-electron chi connectivity index (χ0n) is 41.0. The van der Waals surface area contributed by atoms with Gasteiger partial charge in [-0.25, -0.2) is 0 Å². The van der Waals surface area contributed by atoms with E-state index in [4.69, 9.17) is 8.83 Å². The van der Waals surface area contributed by atoms with Gasteiger partial charge in [0.25, 0.3) is 0 Å². The molecule has 0 fully saturated rings. The molecule has 0 bridgehead atoms. The van der Waals surface area contributed by atoms with Gasteiger partial charge in [-0.3, -0.25) is 4.98 Å². The van der Waals surface area contributed by atoms with Gasteiger partial charge in [0.05, 0.1) is 22.7 Å². The van der Waals surface area contributed by atoms with Gasteiger partial charge in [0.2, 0.25) is 0 Å². The lowest BCUT2D eigenvalue weighted by atomic mass is 9.91. The zero-order valence-corrected chi connectivity index (χ0v) is 41.0. The fourth-order valence-electron chi connectivity index (χ4n) is 12.3. The van der Waals surface area contributed by atoms with Crippen LogP contribution in [-0.4, -0.2) is 4.98 Å². The number of rotatable bonds is 8. The molecule has 0 amide bonds. The van der Waals surface area contributed by atoms with Crippen molar-refractivity contribution in [1.29, 1.82) is 0 Å². The van der Waals surface area contributed by atoms with E-state index in [1.807, 2.05) is 12.4 Å². The SMILES string of the molecule is c1ccc(-c2cc3ccccc3c3c2oc2c(N(c4ccccc4)c4ccc5ccc6c(N(c7ccccc7)c7cccc8c7oc7c(-c9ccncc9)cc9ccccc9c78)ccc7ccc4c5c76)cccc23)cc1. The van der Waals surface area contributed by atoms with E-state index in [1.54, 1.807) is 0 Å². The van der Waals surface area contributed by atoms with Gasteiger partial charge in [0, 0.05) is 67.2 Å². The monoisotopic (exact) mass is 969 g/mol. The highest BCUT2D eigenvalue weighted by Crippen LogP contribution is 2.52. The Bertz CT molecular complexity index is 4620. The van der Waals surface area contributed by atoms with Crippen LogP contribution >= 0.6 is 0 Å².